The van der Waals surface area contributed by atoms with Crippen LogP contribution in [0, 0.1) is 63.7 Å². The van der Waals surface area contributed by atoms with Gasteiger partial charge in [0.1, 0.15) is 5.60 Å². The summed E-state index contributed by atoms with van der Waals surface area (Å²) in [4.78, 5) is 0. The van der Waals surface area contributed by atoms with E-state index in [1.54, 1.807) is 0 Å². The maximum absolute atomic E-state index is 10.4. The van der Waals surface area contributed by atoms with Crippen LogP contribution in [0.5, 0.6) is 0 Å². The van der Waals surface area contributed by atoms with Crippen molar-refractivity contribution in [3.05, 3.63) is 99.6 Å². The molecule has 0 saturated heterocycles. The van der Waals surface area contributed by atoms with Crippen molar-refractivity contribution in [3.63, 3.8) is 0 Å². The Morgan fingerprint density at radius 2 is 1.24 bits per heavy atom. The van der Waals surface area contributed by atoms with Gasteiger partial charge in [0.05, 0.1) is 6.61 Å². The van der Waals surface area contributed by atoms with E-state index in [2.05, 4.69) is 0 Å². The van der Waals surface area contributed by atoms with Crippen LogP contribution in [0.2, 0.25) is 0 Å². The maximum Gasteiger partial charge on any atom is 2.00 e. The van der Waals surface area contributed by atoms with E-state index in [0.717, 1.165) is 5.92 Å². The second kappa shape index (κ2) is 9.63. The fourth-order valence-electron chi connectivity index (χ4n) is 2.03. The van der Waals surface area contributed by atoms with E-state index >= 15 is 0 Å². The summed E-state index contributed by atoms with van der Waals surface area (Å²) < 4.78 is 0. The van der Waals surface area contributed by atoms with Gasteiger partial charge in [0.25, 0.3) is 0 Å². The first kappa shape index (κ1) is 18.7. The minimum absolute atomic E-state index is 0. The van der Waals surface area contributed by atoms with Gasteiger partial charge < -0.3 is 10.2 Å². The second-order valence-corrected chi connectivity index (χ2v) is 4.52. The van der Waals surface area contributed by atoms with Crippen molar-refractivity contribution in [3.8, 4) is 0 Å². The van der Waals surface area contributed by atoms with Crippen LogP contribution in [-0.2, 0) is 22.7 Å². The second-order valence-electron chi connectivity index (χ2n) is 4.52. The van der Waals surface area contributed by atoms with Crippen LogP contribution in [0.1, 0.15) is 5.56 Å². The first-order valence-corrected chi connectivity index (χ1v) is 6.55. The van der Waals surface area contributed by atoms with Crippen LogP contribution in [0.3, 0.4) is 0 Å². The predicted octanol–water partition coefficient (Wildman–Crippen LogP) is 2.29. The van der Waals surface area contributed by atoms with Gasteiger partial charge >= 0.3 is 17.1 Å². The normalized spacial score (nSPS) is 21.0. The zero-order chi connectivity index (χ0) is 14.3. The van der Waals surface area contributed by atoms with E-state index in [0.29, 0.717) is 5.56 Å². The van der Waals surface area contributed by atoms with Crippen molar-refractivity contribution >= 4 is 0 Å². The molecule has 2 nitrogen and oxygen atoms in total. The summed E-state index contributed by atoms with van der Waals surface area (Å²) in [5, 5.41) is 19.8. The molecule has 3 rings (SSSR count). The Bertz CT molecular complexity index is 364. The van der Waals surface area contributed by atoms with Gasteiger partial charge in [-0.05, 0) is 63.4 Å². The van der Waals surface area contributed by atoms with Crippen molar-refractivity contribution in [1.29, 1.82) is 0 Å². The minimum atomic E-state index is -1.29. The van der Waals surface area contributed by atoms with Crippen LogP contribution in [0.25, 0.3) is 0 Å². The molecule has 1 atom stereocenters. The molecule has 0 heterocycles. The molecule has 0 aliphatic heterocycles. The molecule has 1 aromatic rings. The van der Waals surface area contributed by atoms with Gasteiger partial charge in [0, 0.05) is 5.92 Å². The molecule has 108 valence electrons. The number of aliphatic hydroxyl groups is 2. The van der Waals surface area contributed by atoms with Crippen molar-refractivity contribution in [2.75, 3.05) is 6.61 Å². The molecule has 0 amide bonds. The molecule has 3 heteroatoms. The standard InChI is InChI=1S/C13H13O2.C5H5.Fe/c14-10-13(15,12-8-4-5-9-12)11-6-2-1-3-7-11;1-2-4-5-3-1;/h1-9,14-15H,10H2;1-5H;/q;;+2/t13-;;/m0../s1. The third-order valence-corrected chi connectivity index (χ3v) is 3.18. The first-order chi connectivity index (χ1) is 9.77. The summed E-state index contributed by atoms with van der Waals surface area (Å²) in [5.74, 6) is 0.719. The summed E-state index contributed by atoms with van der Waals surface area (Å²) in [6.07, 6.45) is 17.3. The third-order valence-electron chi connectivity index (χ3n) is 3.18. The molecule has 0 bridgehead atoms. The Hall–Kier alpha value is -0.341. The van der Waals surface area contributed by atoms with Crippen molar-refractivity contribution in [2.24, 2.45) is 0 Å². The van der Waals surface area contributed by atoms with E-state index in [4.69, 9.17) is 0 Å². The Balaban J connectivity index is 0.000000313. The van der Waals surface area contributed by atoms with E-state index in [1.807, 2.05) is 88.1 Å². The van der Waals surface area contributed by atoms with Crippen LogP contribution in [0.4, 0.5) is 0 Å². The number of aliphatic hydroxyl groups excluding tert-OH is 1. The van der Waals surface area contributed by atoms with Crippen LogP contribution in [-0.4, -0.2) is 16.8 Å². The van der Waals surface area contributed by atoms with E-state index in [-0.39, 0.29) is 23.7 Å². The maximum atomic E-state index is 10.4. The molecule has 1 aromatic carbocycles. The molecule has 2 fully saturated rings. The number of hydrogen-bond donors (Lipinski definition) is 2. The monoisotopic (exact) mass is 322 g/mol. The Labute approximate surface area is 139 Å². The fraction of sp³-hybridized carbons (Fsp3) is 0.111. The molecule has 0 aromatic heterocycles. The van der Waals surface area contributed by atoms with Crippen molar-refractivity contribution in [1.82, 2.24) is 0 Å². The Morgan fingerprint density at radius 3 is 1.67 bits per heavy atom. The number of benzene rings is 1. The molecule has 0 unspecified atom stereocenters. The minimum Gasteiger partial charge on any atom is -0.393 e. The van der Waals surface area contributed by atoms with Gasteiger partial charge in [-0.2, -0.15) is 0 Å². The zero-order valence-corrected chi connectivity index (χ0v) is 12.6. The molecule has 21 heavy (non-hydrogen) atoms. The summed E-state index contributed by atoms with van der Waals surface area (Å²) in [7, 11) is 0. The topological polar surface area (TPSA) is 40.5 Å². The van der Waals surface area contributed by atoms with Gasteiger partial charge in [-0.15, -0.1) is 0 Å². The summed E-state index contributed by atoms with van der Waals surface area (Å²) in [6, 6.07) is 9.19. The van der Waals surface area contributed by atoms with Crippen LogP contribution >= 0.6 is 0 Å². The molecule has 2 N–H and O–H groups in total. The smallest absolute Gasteiger partial charge is 0.393 e. The largest absolute Gasteiger partial charge is 2.00 e. The molecule has 2 aliphatic carbocycles. The van der Waals surface area contributed by atoms with Crippen molar-refractivity contribution in [2.45, 2.75) is 5.60 Å². The van der Waals surface area contributed by atoms with Gasteiger partial charge in [0.15, 0.2) is 0 Å². The average molecular weight is 322 g/mol. The first-order valence-electron chi connectivity index (χ1n) is 6.55. The molecule has 2 saturated carbocycles. The van der Waals surface area contributed by atoms with Gasteiger partial charge in [0.2, 0.25) is 0 Å². The molecule has 2 aliphatic rings. The Morgan fingerprint density at radius 1 is 0.762 bits per heavy atom. The molecule has 10 radical (unpaired) electrons. The fourth-order valence-corrected chi connectivity index (χ4v) is 2.03. The summed E-state index contributed by atoms with van der Waals surface area (Å²) >= 11 is 0. The summed E-state index contributed by atoms with van der Waals surface area (Å²) in [6.45, 7) is -0.318. The van der Waals surface area contributed by atoms with E-state index < -0.39 is 5.60 Å². The quantitative estimate of drug-likeness (QED) is 0.839. The SMILES string of the molecule is OC[C@@](O)([C]1[CH][CH][CH][CH]1)c1ccccc1.[CH]1[CH][CH][CH][CH]1.[Fe+2]. The van der Waals surface area contributed by atoms with E-state index in [9.17, 15) is 10.2 Å². The molecular weight excluding hydrogens is 304 g/mol. The van der Waals surface area contributed by atoms with Crippen LogP contribution in [0.15, 0.2) is 30.3 Å². The van der Waals surface area contributed by atoms with E-state index in [1.165, 1.54) is 0 Å². The van der Waals surface area contributed by atoms with Gasteiger partial charge in [-0.1, -0.05) is 30.3 Å². The number of rotatable bonds is 3. The average Bonchev–Trinajstić information content (AvgIpc) is 3.22. The molecular formula is C18H18FeO2+2. The molecule has 0 spiro atoms. The number of hydrogen-bond acceptors (Lipinski definition) is 2. The van der Waals surface area contributed by atoms with Crippen LogP contribution < -0.4 is 0 Å². The van der Waals surface area contributed by atoms with Gasteiger partial charge in [-0.25, -0.2) is 0 Å². The zero-order valence-electron chi connectivity index (χ0n) is 11.5. The summed E-state index contributed by atoms with van der Waals surface area (Å²) in [5.41, 5.74) is -0.580. The predicted molar refractivity (Wildman–Crippen MR) is 79.4 cm³/mol. The third kappa shape index (κ3) is 5.10. The Kier molecular flexibility index (Phi) is 8.58. The van der Waals surface area contributed by atoms with Crippen molar-refractivity contribution < 1.29 is 27.3 Å². The van der Waals surface area contributed by atoms with Gasteiger partial charge in [-0.3, -0.25) is 0 Å².